The van der Waals surface area contributed by atoms with Crippen molar-refractivity contribution in [2.45, 2.75) is 57.7 Å². The minimum absolute atomic E-state index is 0.583. The fourth-order valence-corrected chi connectivity index (χ4v) is 5.82. The number of benzene rings is 2. The fraction of sp³-hybridized carbons (Fsp3) is 0.385. The summed E-state index contributed by atoms with van der Waals surface area (Å²) < 4.78 is 2.66. The highest BCUT2D eigenvalue weighted by molar-refractivity contribution is 5.89. The van der Waals surface area contributed by atoms with E-state index in [1.165, 1.54) is 60.6 Å². The van der Waals surface area contributed by atoms with Crippen LogP contribution < -0.4 is 0 Å². The standard InChI is InChI=1S/C26H28N2/c1-2-7-19(8-3-1)18-27-15-16-28-24-14-13-21(20-9-4-5-10-20)17-23(24)22-11-6-12-25(27)26(22)28/h1-3,7-9,13-14,17,25H,4-6,10-12,15-16,18H2/t25-/m1/s1. The number of rotatable bonds is 3. The molecule has 0 spiro atoms. The average Bonchev–Trinajstić information content (AvgIpc) is 3.39. The third-order valence-electron chi connectivity index (χ3n) is 7.12. The zero-order valence-electron chi connectivity index (χ0n) is 16.5. The summed E-state index contributed by atoms with van der Waals surface area (Å²) in [5.74, 6) is 0. The SMILES string of the molecule is C1=C(c2ccc3c(c2)c2c4n3CCN(Cc3ccccc3)[C@@H]4CCC2)CCC1. The van der Waals surface area contributed by atoms with Crippen molar-refractivity contribution in [3.8, 4) is 0 Å². The van der Waals surface area contributed by atoms with Gasteiger partial charge in [-0.1, -0.05) is 42.5 Å². The maximum absolute atomic E-state index is 2.73. The molecule has 2 heterocycles. The van der Waals surface area contributed by atoms with Crippen molar-refractivity contribution in [1.29, 1.82) is 0 Å². The van der Waals surface area contributed by atoms with E-state index in [0.29, 0.717) is 6.04 Å². The number of hydrogen-bond acceptors (Lipinski definition) is 1. The Bertz CT molecular complexity index is 1060. The lowest BCUT2D eigenvalue weighted by molar-refractivity contribution is 0.133. The lowest BCUT2D eigenvalue weighted by Crippen LogP contribution is -2.39. The van der Waals surface area contributed by atoms with E-state index in [-0.39, 0.29) is 0 Å². The number of nitrogens with zero attached hydrogens (tertiary/aromatic N) is 2. The molecule has 0 N–H and O–H groups in total. The molecule has 0 saturated heterocycles. The second-order valence-electron chi connectivity index (χ2n) is 8.73. The highest BCUT2D eigenvalue weighted by Crippen LogP contribution is 2.44. The van der Waals surface area contributed by atoms with Crippen LogP contribution in [0.2, 0.25) is 0 Å². The zero-order valence-corrected chi connectivity index (χ0v) is 16.5. The van der Waals surface area contributed by atoms with E-state index in [1.54, 1.807) is 16.8 Å². The van der Waals surface area contributed by atoms with Crippen LogP contribution in [0.25, 0.3) is 16.5 Å². The van der Waals surface area contributed by atoms with Crippen molar-refractivity contribution in [2.75, 3.05) is 6.54 Å². The van der Waals surface area contributed by atoms with Gasteiger partial charge in [0.15, 0.2) is 0 Å². The largest absolute Gasteiger partial charge is 0.342 e. The van der Waals surface area contributed by atoms with Gasteiger partial charge in [-0.05, 0) is 72.9 Å². The molecule has 2 nitrogen and oxygen atoms in total. The van der Waals surface area contributed by atoms with Crippen LogP contribution >= 0.6 is 0 Å². The first-order valence-electron chi connectivity index (χ1n) is 11.0. The molecular formula is C26H28N2. The molecule has 0 amide bonds. The van der Waals surface area contributed by atoms with E-state index in [2.05, 4.69) is 64.1 Å². The molecule has 28 heavy (non-hydrogen) atoms. The van der Waals surface area contributed by atoms with Crippen LogP contribution in [0, 0.1) is 0 Å². The second-order valence-corrected chi connectivity index (χ2v) is 8.73. The predicted molar refractivity (Wildman–Crippen MR) is 116 cm³/mol. The monoisotopic (exact) mass is 368 g/mol. The number of aryl methyl sites for hydroxylation is 1. The first kappa shape index (κ1) is 16.6. The highest BCUT2D eigenvalue weighted by Gasteiger charge is 2.34. The van der Waals surface area contributed by atoms with Gasteiger partial charge in [-0.2, -0.15) is 0 Å². The molecule has 1 aliphatic heterocycles. The Morgan fingerprint density at radius 3 is 2.71 bits per heavy atom. The second kappa shape index (κ2) is 6.63. The van der Waals surface area contributed by atoms with Crippen molar-refractivity contribution in [1.82, 2.24) is 9.47 Å². The van der Waals surface area contributed by atoms with E-state index in [9.17, 15) is 0 Å². The Kier molecular flexibility index (Phi) is 3.94. The van der Waals surface area contributed by atoms with Crippen LogP contribution in [-0.4, -0.2) is 16.0 Å². The van der Waals surface area contributed by atoms with Gasteiger partial charge in [-0.25, -0.2) is 0 Å². The molecular weight excluding hydrogens is 340 g/mol. The summed E-state index contributed by atoms with van der Waals surface area (Å²) in [4.78, 5) is 2.73. The smallest absolute Gasteiger partial charge is 0.0508 e. The molecule has 6 rings (SSSR count). The van der Waals surface area contributed by atoms with Gasteiger partial charge >= 0.3 is 0 Å². The number of fused-ring (bicyclic) bond motifs is 3. The van der Waals surface area contributed by atoms with Gasteiger partial charge in [0.2, 0.25) is 0 Å². The van der Waals surface area contributed by atoms with Gasteiger partial charge in [0.1, 0.15) is 0 Å². The summed E-state index contributed by atoms with van der Waals surface area (Å²) in [6, 6.07) is 18.9. The van der Waals surface area contributed by atoms with Crippen LogP contribution in [0.4, 0.5) is 0 Å². The van der Waals surface area contributed by atoms with Crippen LogP contribution in [0.15, 0.2) is 54.6 Å². The van der Waals surface area contributed by atoms with Crippen LogP contribution in [-0.2, 0) is 19.5 Å². The molecule has 1 atom stereocenters. The maximum atomic E-state index is 2.73. The summed E-state index contributed by atoms with van der Waals surface area (Å²) in [6.45, 7) is 3.35. The fourth-order valence-electron chi connectivity index (χ4n) is 5.82. The van der Waals surface area contributed by atoms with Crippen LogP contribution in [0.1, 0.15) is 60.5 Å². The molecule has 0 unspecified atom stereocenters. The Hall–Kier alpha value is -2.32. The van der Waals surface area contributed by atoms with E-state index in [0.717, 1.165) is 19.6 Å². The summed E-state index contributed by atoms with van der Waals surface area (Å²) in [6.07, 6.45) is 10.1. The molecule has 0 bridgehead atoms. The molecule has 2 heteroatoms. The third kappa shape index (κ3) is 2.58. The minimum Gasteiger partial charge on any atom is -0.342 e. The first-order valence-corrected chi connectivity index (χ1v) is 11.0. The van der Waals surface area contributed by atoms with Crippen LogP contribution in [0.3, 0.4) is 0 Å². The molecule has 0 radical (unpaired) electrons. The van der Waals surface area contributed by atoms with Gasteiger partial charge in [0.05, 0.1) is 6.04 Å². The average molecular weight is 369 g/mol. The predicted octanol–water partition coefficient (Wildman–Crippen LogP) is 6.10. The number of hydrogen-bond donors (Lipinski definition) is 0. The summed E-state index contributed by atoms with van der Waals surface area (Å²) in [5, 5.41) is 1.53. The lowest BCUT2D eigenvalue weighted by Gasteiger charge is -2.40. The van der Waals surface area contributed by atoms with Crippen molar-refractivity contribution in [2.24, 2.45) is 0 Å². The molecule has 0 saturated carbocycles. The summed E-state index contributed by atoms with van der Waals surface area (Å²) in [5.41, 5.74) is 9.21. The molecule has 142 valence electrons. The Morgan fingerprint density at radius 1 is 0.929 bits per heavy atom. The quantitative estimate of drug-likeness (QED) is 0.542. The zero-order chi connectivity index (χ0) is 18.5. The van der Waals surface area contributed by atoms with Gasteiger partial charge in [0, 0.05) is 36.2 Å². The summed E-state index contributed by atoms with van der Waals surface area (Å²) in [7, 11) is 0. The Morgan fingerprint density at radius 2 is 1.86 bits per heavy atom. The maximum Gasteiger partial charge on any atom is 0.0508 e. The van der Waals surface area contributed by atoms with Crippen LogP contribution in [0.5, 0.6) is 0 Å². The summed E-state index contributed by atoms with van der Waals surface area (Å²) >= 11 is 0. The normalized spacial score (nSPS) is 21.7. The molecule has 3 aromatic rings. The topological polar surface area (TPSA) is 8.17 Å². The Labute approximate surface area is 167 Å². The molecule has 2 aliphatic carbocycles. The minimum atomic E-state index is 0.583. The number of aromatic nitrogens is 1. The molecule has 0 fully saturated rings. The number of allylic oxidation sites excluding steroid dienone is 2. The van der Waals surface area contributed by atoms with Gasteiger partial charge < -0.3 is 4.57 Å². The van der Waals surface area contributed by atoms with Crippen molar-refractivity contribution in [3.63, 3.8) is 0 Å². The van der Waals surface area contributed by atoms with Crippen molar-refractivity contribution < 1.29 is 0 Å². The molecule has 3 aliphatic rings. The molecule has 2 aromatic carbocycles. The molecule has 1 aromatic heterocycles. The van der Waals surface area contributed by atoms with E-state index >= 15 is 0 Å². The lowest BCUT2D eigenvalue weighted by atomic mass is 9.89. The van der Waals surface area contributed by atoms with Gasteiger partial charge in [-0.3, -0.25) is 4.90 Å². The van der Waals surface area contributed by atoms with E-state index < -0.39 is 0 Å². The highest BCUT2D eigenvalue weighted by atomic mass is 15.2. The van der Waals surface area contributed by atoms with Gasteiger partial charge in [0.25, 0.3) is 0 Å². The first-order chi connectivity index (χ1) is 13.9. The van der Waals surface area contributed by atoms with Crippen molar-refractivity contribution >= 4 is 16.5 Å². The van der Waals surface area contributed by atoms with Crippen molar-refractivity contribution in [3.05, 3.63) is 77.0 Å². The third-order valence-corrected chi connectivity index (χ3v) is 7.12. The van der Waals surface area contributed by atoms with E-state index in [1.807, 2.05) is 0 Å². The van der Waals surface area contributed by atoms with E-state index in [4.69, 9.17) is 0 Å². The van der Waals surface area contributed by atoms with Gasteiger partial charge in [-0.15, -0.1) is 0 Å². The Balaban J connectivity index is 1.43.